The van der Waals surface area contributed by atoms with Gasteiger partial charge >= 0.3 is 0 Å². The standard InChI is InChI=1S/C39H22ClN3O2/c40-26-21-19-24(20-22-26)23-15-17-25(18-16-23)37-41-38(31-11-5-9-29-27-7-1-3-13-33(27)44-35(29)31)43-39(42-37)32-12-6-10-30-28-8-2-4-14-34(28)45-36(30)32/h1-22H. The van der Waals surface area contributed by atoms with Gasteiger partial charge in [0.1, 0.15) is 22.3 Å². The third-order valence-corrected chi connectivity index (χ3v) is 8.50. The topological polar surface area (TPSA) is 65.0 Å². The van der Waals surface area contributed by atoms with E-state index in [0.29, 0.717) is 22.5 Å². The van der Waals surface area contributed by atoms with Gasteiger partial charge in [-0.05, 0) is 47.5 Å². The summed E-state index contributed by atoms with van der Waals surface area (Å²) in [5.41, 5.74) is 7.72. The van der Waals surface area contributed by atoms with Crippen LogP contribution < -0.4 is 0 Å². The smallest absolute Gasteiger partial charge is 0.167 e. The Morgan fingerprint density at radius 1 is 0.378 bits per heavy atom. The van der Waals surface area contributed by atoms with Gasteiger partial charge in [-0.25, -0.2) is 15.0 Å². The van der Waals surface area contributed by atoms with Crippen molar-refractivity contribution in [1.29, 1.82) is 0 Å². The molecule has 3 aromatic heterocycles. The Balaban J connectivity index is 1.27. The fourth-order valence-electron chi connectivity index (χ4n) is 6.05. The molecule has 0 unspecified atom stereocenters. The molecule has 0 atom stereocenters. The zero-order chi connectivity index (χ0) is 29.9. The van der Waals surface area contributed by atoms with Crippen molar-refractivity contribution in [2.24, 2.45) is 0 Å². The molecule has 0 saturated carbocycles. The molecule has 0 fully saturated rings. The first-order chi connectivity index (χ1) is 22.2. The van der Waals surface area contributed by atoms with E-state index in [0.717, 1.165) is 71.7 Å². The molecule has 6 heteroatoms. The Kier molecular flexibility index (Phi) is 5.80. The van der Waals surface area contributed by atoms with Gasteiger partial charge in [-0.2, -0.15) is 0 Å². The molecule has 5 nitrogen and oxygen atoms in total. The van der Waals surface area contributed by atoms with Crippen molar-refractivity contribution in [3.8, 4) is 45.3 Å². The maximum absolute atomic E-state index is 6.38. The number of nitrogens with zero attached hydrogens (tertiary/aromatic N) is 3. The summed E-state index contributed by atoms with van der Waals surface area (Å²) in [5.74, 6) is 1.60. The number of para-hydroxylation sites is 4. The summed E-state index contributed by atoms with van der Waals surface area (Å²) in [6.07, 6.45) is 0. The SMILES string of the molecule is Clc1ccc(-c2ccc(-c3nc(-c4cccc5c4oc4ccccc45)nc(-c4cccc5c4oc4ccccc45)n3)cc2)cc1. The van der Waals surface area contributed by atoms with Gasteiger partial charge in [0, 0.05) is 32.1 Å². The predicted octanol–water partition coefficient (Wildman–Crippen LogP) is 11.0. The summed E-state index contributed by atoms with van der Waals surface area (Å²) in [4.78, 5) is 15.1. The van der Waals surface area contributed by atoms with Gasteiger partial charge in [0.15, 0.2) is 17.5 Å². The second-order valence-electron chi connectivity index (χ2n) is 11.0. The molecule has 0 spiro atoms. The van der Waals surface area contributed by atoms with Crippen molar-refractivity contribution < 1.29 is 8.83 Å². The van der Waals surface area contributed by atoms with E-state index in [1.54, 1.807) is 0 Å². The van der Waals surface area contributed by atoms with Crippen LogP contribution in [0.5, 0.6) is 0 Å². The minimum atomic E-state index is 0.523. The van der Waals surface area contributed by atoms with Gasteiger partial charge < -0.3 is 8.83 Å². The van der Waals surface area contributed by atoms with Crippen molar-refractivity contribution in [3.63, 3.8) is 0 Å². The lowest BCUT2D eigenvalue weighted by Gasteiger charge is -2.10. The van der Waals surface area contributed by atoms with Gasteiger partial charge in [-0.3, -0.25) is 0 Å². The van der Waals surface area contributed by atoms with E-state index in [9.17, 15) is 0 Å². The fourth-order valence-corrected chi connectivity index (χ4v) is 6.17. The lowest BCUT2D eigenvalue weighted by atomic mass is 10.0. The van der Waals surface area contributed by atoms with E-state index in [1.807, 2.05) is 97.1 Å². The van der Waals surface area contributed by atoms with Crippen LogP contribution in [0.2, 0.25) is 5.02 Å². The van der Waals surface area contributed by atoms with Crippen LogP contribution in [0.25, 0.3) is 89.2 Å². The molecule has 0 aliphatic carbocycles. The van der Waals surface area contributed by atoms with E-state index in [1.165, 1.54) is 0 Å². The fraction of sp³-hybridized carbons (Fsp3) is 0. The molecular weight excluding hydrogens is 578 g/mol. The summed E-state index contributed by atoms with van der Waals surface area (Å²) in [6, 6.07) is 44.3. The number of halogens is 1. The van der Waals surface area contributed by atoms with Gasteiger partial charge in [0.05, 0.1) is 11.1 Å². The molecule has 9 rings (SSSR count). The van der Waals surface area contributed by atoms with Crippen LogP contribution in [0.15, 0.2) is 142 Å². The zero-order valence-corrected chi connectivity index (χ0v) is 24.5. The molecule has 0 aliphatic rings. The summed E-state index contributed by atoms with van der Waals surface area (Å²) in [6.45, 7) is 0. The lowest BCUT2D eigenvalue weighted by Crippen LogP contribution is -2.00. The highest BCUT2D eigenvalue weighted by Gasteiger charge is 2.20. The van der Waals surface area contributed by atoms with Gasteiger partial charge in [-0.1, -0.05) is 109 Å². The minimum absolute atomic E-state index is 0.523. The van der Waals surface area contributed by atoms with Crippen LogP contribution in [0.4, 0.5) is 0 Å². The Morgan fingerprint density at radius 2 is 0.800 bits per heavy atom. The van der Waals surface area contributed by atoms with E-state index in [2.05, 4.69) is 36.4 Å². The third-order valence-electron chi connectivity index (χ3n) is 8.25. The number of hydrogen-bond acceptors (Lipinski definition) is 5. The lowest BCUT2D eigenvalue weighted by molar-refractivity contribution is 0.669. The number of benzene rings is 6. The maximum Gasteiger partial charge on any atom is 0.167 e. The second-order valence-corrected chi connectivity index (χ2v) is 11.4. The molecule has 3 heterocycles. The third kappa shape index (κ3) is 4.28. The Bertz CT molecular complexity index is 2420. The number of hydrogen-bond donors (Lipinski definition) is 0. The van der Waals surface area contributed by atoms with E-state index in [4.69, 9.17) is 35.4 Å². The van der Waals surface area contributed by atoms with E-state index < -0.39 is 0 Å². The van der Waals surface area contributed by atoms with Crippen LogP contribution in [-0.4, -0.2) is 15.0 Å². The molecule has 0 N–H and O–H groups in total. The molecule has 0 aliphatic heterocycles. The molecule has 0 amide bonds. The molecule has 6 aromatic carbocycles. The first-order valence-electron chi connectivity index (χ1n) is 14.6. The van der Waals surface area contributed by atoms with Crippen LogP contribution in [0, 0.1) is 0 Å². The van der Waals surface area contributed by atoms with Crippen molar-refractivity contribution in [2.75, 3.05) is 0 Å². The largest absolute Gasteiger partial charge is 0.455 e. The summed E-state index contributed by atoms with van der Waals surface area (Å²) in [7, 11) is 0. The molecule has 0 bridgehead atoms. The normalized spacial score (nSPS) is 11.7. The van der Waals surface area contributed by atoms with Gasteiger partial charge in [0.2, 0.25) is 0 Å². The number of aromatic nitrogens is 3. The maximum atomic E-state index is 6.38. The quantitative estimate of drug-likeness (QED) is 0.201. The highest BCUT2D eigenvalue weighted by molar-refractivity contribution is 6.30. The molecule has 0 radical (unpaired) electrons. The van der Waals surface area contributed by atoms with Crippen LogP contribution in [-0.2, 0) is 0 Å². The Morgan fingerprint density at radius 3 is 1.33 bits per heavy atom. The first-order valence-corrected chi connectivity index (χ1v) is 15.0. The summed E-state index contributed by atoms with van der Waals surface area (Å²) < 4.78 is 12.8. The van der Waals surface area contributed by atoms with Crippen LogP contribution in [0.1, 0.15) is 0 Å². The van der Waals surface area contributed by atoms with Crippen LogP contribution in [0.3, 0.4) is 0 Å². The highest BCUT2D eigenvalue weighted by Crippen LogP contribution is 2.38. The van der Waals surface area contributed by atoms with Gasteiger partial charge in [-0.15, -0.1) is 0 Å². The van der Waals surface area contributed by atoms with Crippen molar-refractivity contribution in [1.82, 2.24) is 15.0 Å². The average molecular weight is 600 g/mol. The molecular formula is C39H22ClN3O2. The second kappa shape index (κ2) is 10.2. The molecule has 0 saturated heterocycles. The Hall–Kier alpha value is -5.78. The Labute approximate surface area is 262 Å². The summed E-state index contributed by atoms with van der Waals surface area (Å²) >= 11 is 6.12. The van der Waals surface area contributed by atoms with Gasteiger partial charge in [0.25, 0.3) is 0 Å². The average Bonchev–Trinajstić information content (AvgIpc) is 3.67. The first kappa shape index (κ1) is 25.7. The van der Waals surface area contributed by atoms with Crippen molar-refractivity contribution in [3.05, 3.63) is 138 Å². The van der Waals surface area contributed by atoms with Crippen molar-refractivity contribution >= 4 is 55.5 Å². The van der Waals surface area contributed by atoms with Crippen molar-refractivity contribution in [2.45, 2.75) is 0 Å². The molecule has 212 valence electrons. The van der Waals surface area contributed by atoms with Crippen LogP contribution >= 0.6 is 11.6 Å². The zero-order valence-electron chi connectivity index (χ0n) is 23.7. The molecule has 45 heavy (non-hydrogen) atoms. The number of furan rings is 2. The number of fused-ring (bicyclic) bond motifs is 6. The highest BCUT2D eigenvalue weighted by atomic mass is 35.5. The summed E-state index contributed by atoms with van der Waals surface area (Å²) in [5, 5.41) is 4.83. The van der Waals surface area contributed by atoms with E-state index in [-0.39, 0.29) is 0 Å². The van der Waals surface area contributed by atoms with E-state index >= 15 is 0 Å². The predicted molar refractivity (Wildman–Crippen MR) is 181 cm³/mol. The number of rotatable bonds is 4. The monoisotopic (exact) mass is 599 g/mol. The molecule has 9 aromatic rings. The minimum Gasteiger partial charge on any atom is -0.455 e.